The number of cyclic esters (lactones) is 1. The van der Waals surface area contributed by atoms with E-state index in [0.29, 0.717) is 30.9 Å². The summed E-state index contributed by atoms with van der Waals surface area (Å²) in [6, 6.07) is 8.49. The third-order valence-corrected chi connectivity index (χ3v) is 5.27. The zero-order valence-electron chi connectivity index (χ0n) is 13.7. The number of hydrogen-bond donors (Lipinski definition) is 1. The molecule has 1 aliphatic rings. The van der Waals surface area contributed by atoms with Crippen LogP contribution < -0.4 is 10.6 Å². The maximum atomic E-state index is 14.6. The Hall–Kier alpha value is -2.78. The molecule has 4 rings (SSSR count). The monoisotopic (exact) mass is 373 g/mol. The van der Waals surface area contributed by atoms with Gasteiger partial charge in [0.25, 0.3) is 0 Å². The number of carbonyl (C=O) groups excluding carboxylic acids is 1. The summed E-state index contributed by atoms with van der Waals surface area (Å²) in [4.78, 5) is 15.4. The molecule has 134 valence electrons. The second-order valence-electron chi connectivity index (χ2n) is 5.88. The summed E-state index contributed by atoms with van der Waals surface area (Å²) in [7, 11) is 0. The Kier molecular flexibility index (Phi) is 4.39. The van der Waals surface area contributed by atoms with Crippen LogP contribution in [0.15, 0.2) is 42.7 Å². The van der Waals surface area contributed by atoms with E-state index in [0.717, 1.165) is 9.75 Å². The zero-order valence-corrected chi connectivity index (χ0v) is 14.5. The van der Waals surface area contributed by atoms with E-state index in [-0.39, 0.29) is 11.9 Å². The van der Waals surface area contributed by atoms with E-state index >= 15 is 0 Å². The van der Waals surface area contributed by atoms with Crippen LogP contribution in [0.5, 0.6) is 0 Å². The standard InChI is InChI=1S/C17H16FN5O2S/c18-15-7-11(1-3-14(15)16-4-2-13(8-19)26-16)23-10-12(25-17(23)24)9-22-6-5-20-21-22/h1-7,12H,8-10,19H2/t12-/m0/s1. The number of nitrogens with zero attached hydrogens (tertiary/aromatic N) is 4. The van der Waals surface area contributed by atoms with Gasteiger partial charge in [0.05, 0.1) is 25.0 Å². The van der Waals surface area contributed by atoms with Crippen molar-refractivity contribution in [2.75, 3.05) is 11.4 Å². The molecule has 3 heterocycles. The number of amides is 1. The first-order chi connectivity index (χ1) is 12.6. The van der Waals surface area contributed by atoms with Crippen molar-refractivity contribution in [1.82, 2.24) is 15.0 Å². The Balaban J connectivity index is 1.52. The van der Waals surface area contributed by atoms with Gasteiger partial charge in [-0.05, 0) is 30.3 Å². The van der Waals surface area contributed by atoms with Gasteiger partial charge >= 0.3 is 6.09 Å². The summed E-state index contributed by atoms with van der Waals surface area (Å²) < 4.78 is 21.5. The lowest BCUT2D eigenvalue weighted by atomic mass is 10.1. The van der Waals surface area contributed by atoms with E-state index in [4.69, 9.17) is 10.5 Å². The van der Waals surface area contributed by atoms with Crippen LogP contribution in [0.3, 0.4) is 0 Å². The summed E-state index contributed by atoms with van der Waals surface area (Å²) in [5, 5.41) is 7.58. The molecule has 9 heteroatoms. The van der Waals surface area contributed by atoms with Crippen molar-refractivity contribution in [2.24, 2.45) is 5.73 Å². The minimum atomic E-state index is -0.496. The normalized spacial score (nSPS) is 16.9. The van der Waals surface area contributed by atoms with Gasteiger partial charge in [0.2, 0.25) is 0 Å². The molecule has 3 aromatic rings. The van der Waals surface area contributed by atoms with E-state index in [1.807, 2.05) is 12.1 Å². The molecule has 1 saturated heterocycles. The van der Waals surface area contributed by atoms with E-state index in [2.05, 4.69) is 10.3 Å². The first kappa shape index (κ1) is 16.7. The highest BCUT2D eigenvalue weighted by Gasteiger charge is 2.33. The Labute approximate surface area is 152 Å². The molecule has 1 aromatic carbocycles. The van der Waals surface area contributed by atoms with Gasteiger partial charge in [-0.1, -0.05) is 5.21 Å². The molecule has 26 heavy (non-hydrogen) atoms. The molecule has 1 amide bonds. The third kappa shape index (κ3) is 3.18. The number of halogens is 1. The van der Waals surface area contributed by atoms with Crippen molar-refractivity contribution >= 4 is 23.1 Å². The highest BCUT2D eigenvalue weighted by atomic mass is 32.1. The molecule has 1 aliphatic heterocycles. The highest BCUT2D eigenvalue weighted by Crippen LogP contribution is 2.33. The number of thiophene rings is 1. The summed E-state index contributed by atoms with van der Waals surface area (Å²) in [5.74, 6) is -0.388. The average Bonchev–Trinajstić information content (AvgIpc) is 3.36. The number of carbonyl (C=O) groups is 1. The number of rotatable bonds is 5. The fourth-order valence-electron chi connectivity index (χ4n) is 2.87. The van der Waals surface area contributed by atoms with Crippen molar-refractivity contribution < 1.29 is 13.9 Å². The zero-order chi connectivity index (χ0) is 18.1. The summed E-state index contributed by atoms with van der Waals surface area (Å²) in [6.07, 6.45) is 2.39. The van der Waals surface area contributed by atoms with E-state index < -0.39 is 6.09 Å². The van der Waals surface area contributed by atoms with Crippen LogP contribution >= 0.6 is 11.3 Å². The Bertz CT molecular complexity index is 927. The molecular weight excluding hydrogens is 357 g/mol. The molecule has 1 fully saturated rings. The first-order valence-electron chi connectivity index (χ1n) is 8.05. The summed E-state index contributed by atoms with van der Waals surface area (Å²) in [6.45, 7) is 1.16. The number of nitrogens with two attached hydrogens (primary N) is 1. The number of hydrogen-bond acceptors (Lipinski definition) is 6. The number of benzene rings is 1. The Morgan fingerprint density at radius 2 is 2.23 bits per heavy atom. The van der Waals surface area contributed by atoms with E-state index in [9.17, 15) is 9.18 Å². The van der Waals surface area contributed by atoms with Crippen LogP contribution in [0, 0.1) is 5.82 Å². The second kappa shape index (κ2) is 6.85. The average molecular weight is 373 g/mol. The molecule has 0 saturated carbocycles. The van der Waals surface area contributed by atoms with Gasteiger partial charge in [0.1, 0.15) is 11.9 Å². The number of aromatic nitrogens is 3. The smallest absolute Gasteiger partial charge is 0.414 e. The quantitative estimate of drug-likeness (QED) is 0.743. The molecule has 0 aliphatic carbocycles. The molecule has 0 bridgehead atoms. The fourth-order valence-corrected chi connectivity index (χ4v) is 3.78. The van der Waals surface area contributed by atoms with Crippen LogP contribution in [-0.4, -0.2) is 33.7 Å². The maximum Gasteiger partial charge on any atom is 0.414 e. The minimum Gasteiger partial charge on any atom is -0.442 e. The highest BCUT2D eigenvalue weighted by molar-refractivity contribution is 7.15. The van der Waals surface area contributed by atoms with Crippen LogP contribution in [0.4, 0.5) is 14.9 Å². The van der Waals surface area contributed by atoms with Gasteiger partial charge in [-0.15, -0.1) is 16.4 Å². The molecule has 0 spiro atoms. The van der Waals surface area contributed by atoms with Crippen molar-refractivity contribution in [3.63, 3.8) is 0 Å². The molecule has 1 atom stereocenters. The maximum absolute atomic E-state index is 14.6. The topological polar surface area (TPSA) is 86.3 Å². The number of ether oxygens (including phenoxy) is 1. The van der Waals surface area contributed by atoms with Gasteiger partial charge in [-0.3, -0.25) is 4.90 Å². The van der Waals surface area contributed by atoms with E-state index in [1.165, 1.54) is 22.3 Å². The van der Waals surface area contributed by atoms with Crippen LogP contribution in [0.2, 0.25) is 0 Å². The molecule has 7 nitrogen and oxygen atoms in total. The first-order valence-corrected chi connectivity index (χ1v) is 8.86. The predicted octanol–water partition coefficient (Wildman–Crippen LogP) is 2.63. The molecular formula is C17H16FN5O2S. The molecule has 0 radical (unpaired) electrons. The van der Waals surface area contributed by atoms with Gasteiger partial charge in [-0.25, -0.2) is 13.9 Å². The second-order valence-corrected chi connectivity index (χ2v) is 7.04. The minimum absolute atomic E-state index is 0.327. The van der Waals surface area contributed by atoms with Crippen LogP contribution in [-0.2, 0) is 17.8 Å². The van der Waals surface area contributed by atoms with Crippen molar-refractivity contribution in [3.05, 3.63) is 53.4 Å². The lowest BCUT2D eigenvalue weighted by Gasteiger charge is -2.14. The lowest BCUT2D eigenvalue weighted by molar-refractivity contribution is 0.129. The predicted molar refractivity (Wildman–Crippen MR) is 95.2 cm³/mol. The van der Waals surface area contributed by atoms with Crippen LogP contribution in [0.25, 0.3) is 10.4 Å². The lowest BCUT2D eigenvalue weighted by Crippen LogP contribution is -2.26. The summed E-state index contributed by atoms with van der Waals surface area (Å²) in [5.41, 5.74) is 6.57. The molecule has 0 unspecified atom stereocenters. The van der Waals surface area contributed by atoms with Crippen molar-refractivity contribution in [1.29, 1.82) is 0 Å². The molecule has 2 N–H and O–H groups in total. The number of anilines is 1. The summed E-state index contributed by atoms with van der Waals surface area (Å²) >= 11 is 1.46. The fraction of sp³-hybridized carbons (Fsp3) is 0.235. The van der Waals surface area contributed by atoms with E-state index in [1.54, 1.807) is 29.2 Å². The largest absolute Gasteiger partial charge is 0.442 e. The Morgan fingerprint density at radius 1 is 1.35 bits per heavy atom. The van der Waals surface area contributed by atoms with Gasteiger partial charge in [0, 0.05) is 28.1 Å². The molecule has 2 aromatic heterocycles. The van der Waals surface area contributed by atoms with Gasteiger partial charge in [0.15, 0.2) is 0 Å². The SMILES string of the molecule is NCc1ccc(-c2ccc(N3C[C@H](Cn4ccnn4)OC3=O)cc2F)s1. The van der Waals surface area contributed by atoms with Crippen LogP contribution in [0.1, 0.15) is 4.88 Å². The third-order valence-electron chi connectivity index (χ3n) is 4.13. The van der Waals surface area contributed by atoms with Gasteiger partial charge < -0.3 is 10.5 Å². The van der Waals surface area contributed by atoms with Crippen molar-refractivity contribution in [3.8, 4) is 10.4 Å². The van der Waals surface area contributed by atoms with Gasteiger partial charge in [-0.2, -0.15) is 0 Å². The Morgan fingerprint density at radius 3 is 2.92 bits per heavy atom. The van der Waals surface area contributed by atoms with Crippen molar-refractivity contribution in [2.45, 2.75) is 19.2 Å².